The van der Waals surface area contributed by atoms with Crippen LogP contribution < -0.4 is 0 Å². The number of aliphatic hydroxyl groups is 1. The SMILES string of the molecule is C=COC(COCCOCCOCCO)C(F)(F)F. The lowest BCUT2D eigenvalue weighted by molar-refractivity contribution is -0.219. The molecule has 1 atom stereocenters. The monoisotopic (exact) mass is 288 g/mol. The minimum absolute atomic E-state index is 0.0209. The molecule has 0 heterocycles. The second-order valence-electron chi connectivity index (χ2n) is 3.36. The highest BCUT2D eigenvalue weighted by atomic mass is 19.4. The summed E-state index contributed by atoms with van der Waals surface area (Å²) < 4.78 is 56.1. The number of aliphatic hydroxyl groups excluding tert-OH is 1. The van der Waals surface area contributed by atoms with Gasteiger partial charge in [-0.3, -0.25) is 0 Å². The first kappa shape index (κ1) is 18.2. The third kappa shape index (κ3) is 10.8. The van der Waals surface area contributed by atoms with Gasteiger partial charge in [-0.25, -0.2) is 0 Å². The molecule has 19 heavy (non-hydrogen) atoms. The smallest absolute Gasteiger partial charge is 0.427 e. The molecule has 0 aromatic rings. The fraction of sp³-hybridized carbons (Fsp3) is 0.818. The summed E-state index contributed by atoms with van der Waals surface area (Å²) in [4.78, 5) is 0. The van der Waals surface area contributed by atoms with E-state index in [1.54, 1.807) is 0 Å². The molecule has 5 nitrogen and oxygen atoms in total. The van der Waals surface area contributed by atoms with Crippen molar-refractivity contribution in [2.24, 2.45) is 0 Å². The lowest BCUT2D eigenvalue weighted by atomic mass is 10.4. The Balaban J connectivity index is 3.48. The van der Waals surface area contributed by atoms with E-state index in [9.17, 15) is 13.2 Å². The van der Waals surface area contributed by atoms with E-state index in [4.69, 9.17) is 19.3 Å². The molecule has 0 aliphatic carbocycles. The Morgan fingerprint density at radius 2 is 1.53 bits per heavy atom. The van der Waals surface area contributed by atoms with Gasteiger partial charge in [0.1, 0.15) is 0 Å². The molecule has 0 aromatic heterocycles. The number of alkyl halides is 3. The van der Waals surface area contributed by atoms with Gasteiger partial charge in [-0.15, -0.1) is 0 Å². The maximum absolute atomic E-state index is 12.3. The van der Waals surface area contributed by atoms with Gasteiger partial charge in [0.05, 0.1) is 52.5 Å². The van der Waals surface area contributed by atoms with Gasteiger partial charge < -0.3 is 24.1 Å². The third-order valence-corrected chi connectivity index (χ3v) is 1.87. The number of hydrogen-bond acceptors (Lipinski definition) is 5. The van der Waals surface area contributed by atoms with Crippen molar-refractivity contribution in [3.63, 3.8) is 0 Å². The van der Waals surface area contributed by atoms with Crippen LogP contribution in [0.2, 0.25) is 0 Å². The fourth-order valence-electron chi connectivity index (χ4n) is 1.02. The standard InChI is InChI=1S/C11H19F3O5/c1-2-19-10(11(12,13)14)9-18-8-7-17-6-5-16-4-3-15/h2,10,15H,1,3-9H2. The molecule has 0 spiro atoms. The Kier molecular flexibility index (Phi) is 10.6. The number of halogens is 3. The minimum atomic E-state index is -4.49. The van der Waals surface area contributed by atoms with E-state index in [-0.39, 0.29) is 33.0 Å². The average Bonchev–Trinajstić information content (AvgIpc) is 2.34. The van der Waals surface area contributed by atoms with Gasteiger partial charge in [-0.2, -0.15) is 13.2 Å². The van der Waals surface area contributed by atoms with Gasteiger partial charge in [-0.05, 0) is 0 Å². The van der Waals surface area contributed by atoms with Crippen molar-refractivity contribution < 1.29 is 37.2 Å². The molecule has 8 heteroatoms. The molecule has 0 saturated heterocycles. The van der Waals surface area contributed by atoms with E-state index < -0.39 is 18.9 Å². The molecular formula is C11H19F3O5. The van der Waals surface area contributed by atoms with E-state index in [0.717, 1.165) is 6.26 Å². The molecule has 0 amide bonds. The van der Waals surface area contributed by atoms with Crippen LogP contribution in [-0.2, 0) is 18.9 Å². The molecule has 114 valence electrons. The lowest BCUT2D eigenvalue weighted by Gasteiger charge is -2.19. The number of hydrogen-bond donors (Lipinski definition) is 1. The zero-order chi connectivity index (χ0) is 14.6. The van der Waals surface area contributed by atoms with Crippen molar-refractivity contribution in [3.8, 4) is 0 Å². The van der Waals surface area contributed by atoms with Crippen molar-refractivity contribution in [3.05, 3.63) is 12.8 Å². The van der Waals surface area contributed by atoms with E-state index in [2.05, 4.69) is 11.3 Å². The van der Waals surface area contributed by atoms with Crippen LogP contribution in [0.25, 0.3) is 0 Å². The molecule has 0 bridgehead atoms. The first-order valence-corrected chi connectivity index (χ1v) is 5.69. The second kappa shape index (κ2) is 11.0. The van der Waals surface area contributed by atoms with E-state index in [1.165, 1.54) is 0 Å². The summed E-state index contributed by atoms with van der Waals surface area (Å²) in [6.07, 6.45) is -5.78. The molecule has 0 fully saturated rings. The average molecular weight is 288 g/mol. The summed E-state index contributed by atoms with van der Waals surface area (Å²) in [5.41, 5.74) is 0. The fourth-order valence-corrected chi connectivity index (χ4v) is 1.02. The zero-order valence-electron chi connectivity index (χ0n) is 10.5. The van der Waals surface area contributed by atoms with Crippen LogP contribution in [-0.4, -0.2) is 63.6 Å². The van der Waals surface area contributed by atoms with E-state index >= 15 is 0 Å². The summed E-state index contributed by atoms with van der Waals surface area (Å²) in [6.45, 7) is 3.40. The van der Waals surface area contributed by atoms with Crippen LogP contribution in [0.5, 0.6) is 0 Å². The first-order chi connectivity index (χ1) is 9.02. The van der Waals surface area contributed by atoms with Crippen molar-refractivity contribution in [2.75, 3.05) is 46.2 Å². The Hall–Kier alpha value is -0.830. The quantitative estimate of drug-likeness (QED) is 0.431. The zero-order valence-corrected chi connectivity index (χ0v) is 10.5. The molecule has 0 saturated carbocycles. The maximum atomic E-state index is 12.3. The molecule has 1 unspecified atom stereocenters. The Morgan fingerprint density at radius 3 is 2.00 bits per heavy atom. The summed E-state index contributed by atoms with van der Waals surface area (Å²) in [6, 6.07) is 0. The van der Waals surface area contributed by atoms with Crippen molar-refractivity contribution in [1.29, 1.82) is 0 Å². The van der Waals surface area contributed by atoms with E-state index in [1.807, 2.05) is 0 Å². The van der Waals surface area contributed by atoms with E-state index in [0.29, 0.717) is 6.61 Å². The normalized spacial score (nSPS) is 13.3. The van der Waals surface area contributed by atoms with Crippen molar-refractivity contribution >= 4 is 0 Å². The summed E-state index contributed by atoms with van der Waals surface area (Å²) in [7, 11) is 0. The van der Waals surface area contributed by atoms with Crippen LogP contribution in [0.1, 0.15) is 0 Å². The molecule has 1 N–H and O–H groups in total. The molecule has 0 rings (SSSR count). The summed E-state index contributed by atoms with van der Waals surface area (Å²) in [5, 5.41) is 8.40. The Bertz CT molecular complexity index is 223. The van der Waals surface area contributed by atoms with Gasteiger partial charge in [-0.1, -0.05) is 6.58 Å². The molecule has 0 radical (unpaired) electrons. The third-order valence-electron chi connectivity index (χ3n) is 1.87. The number of rotatable bonds is 12. The Labute approximate surface area is 109 Å². The topological polar surface area (TPSA) is 57.2 Å². The first-order valence-electron chi connectivity index (χ1n) is 5.69. The van der Waals surface area contributed by atoms with Crippen LogP contribution >= 0.6 is 0 Å². The van der Waals surface area contributed by atoms with Crippen LogP contribution in [0.4, 0.5) is 13.2 Å². The van der Waals surface area contributed by atoms with Gasteiger partial charge in [0, 0.05) is 0 Å². The predicted octanol–water partition coefficient (Wildman–Crippen LogP) is 1.12. The van der Waals surface area contributed by atoms with Gasteiger partial charge >= 0.3 is 6.18 Å². The highest BCUT2D eigenvalue weighted by Crippen LogP contribution is 2.23. The summed E-state index contributed by atoms with van der Waals surface area (Å²) >= 11 is 0. The molecule has 0 aliphatic rings. The van der Waals surface area contributed by atoms with Crippen LogP contribution in [0.3, 0.4) is 0 Å². The highest BCUT2D eigenvalue weighted by molar-refractivity contribution is 4.70. The predicted molar refractivity (Wildman–Crippen MR) is 60.7 cm³/mol. The minimum Gasteiger partial charge on any atom is -0.487 e. The van der Waals surface area contributed by atoms with Gasteiger partial charge in [0.15, 0.2) is 0 Å². The lowest BCUT2D eigenvalue weighted by Crippen LogP contribution is -2.35. The molecule has 0 aliphatic heterocycles. The largest absolute Gasteiger partial charge is 0.487 e. The molecular weight excluding hydrogens is 269 g/mol. The highest BCUT2D eigenvalue weighted by Gasteiger charge is 2.41. The maximum Gasteiger partial charge on any atom is 0.427 e. The van der Waals surface area contributed by atoms with Crippen molar-refractivity contribution in [2.45, 2.75) is 12.3 Å². The molecule has 0 aromatic carbocycles. The van der Waals surface area contributed by atoms with Crippen molar-refractivity contribution in [1.82, 2.24) is 0 Å². The second-order valence-corrected chi connectivity index (χ2v) is 3.36. The van der Waals surface area contributed by atoms with Gasteiger partial charge in [0.2, 0.25) is 6.10 Å². The summed E-state index contributed by atoms with van der Waals surface area (Å²) in [5.74, 6) is 0. The van der Waals surface area contributed by atoms with Crippen LogP contribution in [0, 0.1) is 0 Å². The number of ether oxygens (including phenoxy) is 4. The van der Waals surface area contributed by atoms with Gasteiger partial charge in [0.25, 0.3) is 0 Å². The Morgan fingerprint density at radius 1 is 1.00 bits per heavy atom. The van der Waals surface area contributed by atoms with Crippen LogP contribution in [0.15, 0.2) is 12.8 Å².